The van der Waals surface area contributed by atoms with Crippen LogP contribution in [0.15, 0.2) is 65.8 Å². The van der Waals surface area contributed by atoms with E-state index in [9.17, 15) is 4.79 Å². The molecule has 2 heterocycles. The van der Waals surface area contributed by atoms with E-state index in [-0.39, 0.29) is 24.2 Å². The van der Waals surface area contributed by atoms with Crippen LogP contribution in [0, 0.1) is 0 Å². The molecule has 0 spiro atoms. The number of alkyl halides is 1. The molecular weight excluding hydrogens is 470 g/mol. The summed E-state index contributed by atoms with van der Waals surface area (Å²) in [6.07, 6.45) is 5.29. The third kappa shape index (κ3) is 9.26. The number of ether oxygens (including phenoxy) is 4. The maximum atomic E-state index is 11.7. The predicted molar refractivity (Wildman–Crippen MR) is 133 cm³/mol. The lowest BCUT2D eigenvalue weighted by Crippen LogP contribution is -2.33. The van der Waals surface area contributed by atoms with E-state index >= 15 is 0 Å². The second-order valence-electron chi connectivity index (χ2n) is 8.62. The van der Waals surface area contributed by atoms with Gasteiger partial charge in [0.2, 0.25) is 12.2 Å². The lowest BCUT2D eigenvalue weighted by atomic mass is 9.94. The van der Waals surface area contributed by atoms with Gasteiger partial charge in [-0.25, -0.2) is 4.98 Å². The molecule has 1 aromatic carbocycles. The Morgan fingerprint density at radius 3 is 2.74 bits per heavy atom. The van der Waals surface area contributed by atoms with Crippen molar-refractivity contribution in [3.05, 3.63) is 78.6 Å². The minimum absolute atomic E-state index is 0.0347. The van der Waals surface area contributed by atoms with Gasteiger partial charge in [0.1, 0.15) is 12.0 Å². The van der Waals surface area contributed by atoms with Crippen LogP contribution in [0.2, 0.25) is 0 Å². The van der Waals surface area contributed by atoms with E-state index in [0.717, 1.165) is 30.4 Å². The monoisotopic (exact) mass is 503 g/mol. The molecule has 3 rings (SSSR count). The van der Waals surface area contributed by atoms with Gasteiger partial charge >= 0.3 is 5.97 Å². The topological polar surface area (TPSA) is 80.0 Å². The largest absolute Gasteiger partial charge is 0.447 e. The van der Waals surface area contributed by atoms with E-state index in [2.05, 4.69) is 18.1 Å². The molecule has 0 radical (unpaired) electrons. The molecule has 0 amide bonds. The van der Waals surface area contributed by atoms with E-state index in [0.29, 0.717) is 37.6 Å². The summed E-state index contributed by atoms with van der Waals surface area (Å²) in [6, 6.07) is 10.1. The van der Waals surface area contributed by atoms with E-state index in [1.54, 1.807) is 6.08 Å². The number of aromatic nitrogens is 1. The lowest BCUT2D eigenvalue weighted by Gasteiger charge is -2.34. The molecule has 1 aromatic heterocycles. The highest BCUT2D eigenvalue weighted by Crippen LogP contribution is 2.31. The molecule has 0 N–H and O–H groups in total. The predicted octanol–water partition coefficient (Wildman–Crippen LogP) is 6.04. The molecule has 0 saturated carbocycles. The molecule has 1 aliphatic heterocycles. The molecule has 8 heteroatoms. The quantitative estimate of drug-likeness (QED) is 0.102. The molecule has 190 valence electrons. The number of hydrogen-bond acceptors (Lipinski definition) is 7. The van der Waals surface area contributed by atoms with Crippen LogP contribution in [0.1, 0.15) is 62.5 Å². The molecule has 4 atom stereocenters. The van der Waals surface area contributed by atoms with E-state index in [1.165, 1.54) is 13.2 Å². The minimum Gasteiger partial charge on any atom is -0.447 e. The smallest absolute Gasteiger partial charge is 0.305 e. The van der Waals surface area contributed by atoms with Crippen molar-refractivity contribution < 1.29 is 28.2 Å². The summed E-state index contributed by atoms with van der Waals surface area (Å²) >= 11 is 5.79. The van der Waals surface area contributed by atoms with Gasteiger partial charge in [0.15, 0.2) is 0 Å². The van der Waals surface area contributed by atoms with Crippen molar-refractivity contribution in [2.45, 2.75) is 76.1 Å². The third-order valence-electron chi connectivity index (χ3n) is 5.58. The fourth-order valence-corrected chi connectivity index (χ4v) is 4.17. The van der Waals surface area contributed by atoms with Gasteiger partial charge in [0.05, 0.1) is 30.8 Å². The number of carbonyl (C=O) groups is 1. The normalized spacial score (nSPS) is 19.8. The first-order valence-corrected chi connectivity index (χ1v) is 12.4. The Labute approximate surface area is 212 Å². The van der Waals surface area contributed by atoms with Crippen LogP contribution in [0.4, 0.5) is 0 Å². The van der Waals surface area contributed by atoms with Crippen LogP contribution in [0.5, 0.6) is 0 Å². The number of carbonyl (C=O) groups excluding carboxylic acids is 1. The standard InChI is InChI=1S/C27H34ClNO6/c1-4-8-22(35-27(33-20(3)30)25-18-32-26(16-28)29-25)15-24-14-19(2)13-23(34-24)11-12-31-17-21-9-6-5-7-10-21/h4-7,9-10,18,22-24,27H,1-2,8,11-17H2,3H3/t22-,23-,24+,27?/m0/s1. The van der Waals surface area contributed by atoms with Crippen molar-refractivity contribution in [1.29, 1.82) is 0 Å². The third-order valence-corrected chi connectivity index (χ3v) is 5.81. The average Bonchev–Trinajstić information content (AvgIpc) is 3.31. The zero-order valence-electron chi connectivity index (χ0n) is 20.2. The highest BCUT2D eigenvalue weighted by Gasteiger charge is 2.30. The summed E-state index contributed by atoms with van der Waals surface area (Å²) < 4.78 is 29.0. The molecule has 1 aliphatic rings. The maximum Gasteiger partial charge on any atom is 0.305 e. The maximum absolute atomic E-state index is 11.7. The number of nitrogens with zero attached hydrogens (tertiary/aromatic N) is 1. The summed E-state index contributed by atoms with van der Waals surface area (Å²) in [5.41, 5.74) is 2.65. The SMILES string of the molecule is C=CC[C@@H](C[C@H]1CC(=C)C[C@H](CCOCc2ccccc2)O1)OC(OC(C)=O)c1coc(CCl)n1. The number of rotatable bonds is 14. The molecule has 0 aliphatic carbocycles. The van der Waals surface area contributed by atoms with Crippen LogP contribution < -0.4 is 0 Å². The molecule has 1 unspecified atom stereocenters. The van der Waals surface area contributed by atoms with Crippen LogP contribution in [-0.2, 0) is 36.2 Å². The summed E-state index contributed by atoms with van der Waals surface area (Å²) in [4.78, 5) is 15.9. The molecule has 0 bridgehead atoms. The summed E-state index contributed by atoms with van der Waals surface area (Å²) in [5.74, 6) is -0.0512. The highest BCUT2D eigenvalue weighted by atomic mass is 35.5. The van der Waals surface area contributed by atoms with Gasteiger partial charge in [-0.2, -0.15) is 0 Å². The van der Waals surface area contributed by atoms with E-state index in [4.69, 9.17) is 35.0 Å². The Balaban J connectivity index is 1.55. The number of oxazole rings is 1. The Kier molecular flexibility index (Phi) is 11.0. The average molecular weight is 504 g/mol. The van der Waals surface area contributed by atoms with Gasteiger partial charge in [-0.05, 0) is 31.2 Å². The van der Waals surface area contributed by atoms with Gasteiger partial charge in [0, 0.05) is 20.0 Å². The Bertz CT molecular complexity index is 946. The fourth-order valence-electron chi connectivity index (χ4n) is 4.05. The van der Waals surface area contributed by atoms with Crippen LogP contribution >= 0.6 is 11.6 Å². The van der Waals surface area contributed by atoms with Crippen molar-refractivity contribution in [2.75, 3.05) is 6.61 Å². The zero-order valence-corrected chi connectivity index (χ0v) is 21.0. The van der Waals surface area contributed by atoms with Gasteiger partial charge < -0.3 is 23.4 Å². The first kappa shape index (κ1) is 27.1. The second kappa shape index (κ2) is 14.2. The van der Waals surface area contributed by atoms with Crippen molar-refractivity contribution in [3.8, 4) is 0 Å². The van der Waals surface area contributed by atoms with Gasteiger partial charge in [-0.15, -0.1) is 18.2 Å². The Morgan fingerprint density at radius 1 is 1.29 bits per heavy atom. The molecule has 1 saturated heterocycles. The second-order valence-corrected chi connectivity index (χ2v) is 8.89. The van der Waals surface area contributed by atoms with Gasteiger partial charge in [-0.1, -0.05) is 48.6 Å². The molecule has 1 fully saturated rings. The summed E-state index contributed by atoms with van der Waals surface area (Å²) in [6.45, 7) is 10.6. The van der Waals surface area contributed by atoms with Crippen LogP contribution in [0.25, 0.3) is 0 Å². The van der Waals surface area contributed by atoms with Gasteiger partial charge in [0.25, 0.3) is 0 Å². The minimum atomic E-state index is -1.01. The highest BCUT2D eigenvalue weighted by molar-refractivity contribution is 6.16. The molecule has 7 nitrogen and oxygen atoms in total. The Morgan fingerprint density at radius 2 is 2.06 bits per heavy atom. The first-order chi connectivity index (χ1) is 17.0. The van der Waals surface area contributed by atoms with Crippen molar-refractivity contribution in [3.63, 3.8) is 0 Å². The fraction of sp³-hybridized carbons (Fsp3) is 0.481. The van der Waals surface area contributed by atoms with Crippen molar-refractivity contribution >= 4 is 17.6 Å². The molecule has 2 aromatic rings. The van der Waals surface area contributed by atoms with Crippen LogP contribution in [0.3, 0.4) is 0 Å². The lowest BCUT2D eigenvalue weighted by molar-refractivity contribution is -0.196. The number of benzene rings is 1. The van der Waals surface area contributed by atoms with Crippen molar-refractivity contribution in [2.24, 2.45) is 0 Å². The summed E-state index contributed by atoms with van der Waals surface area (Å²) in [7, 11) is 0. The number of halogens is 1. The zero-order chi connectivity index (χ0) is 25.0. The van der Waals surface area contributed by atoms with E-state index in [1.807, 2.05) is 30.3 Å². The molecular formula is C27H34ClNO6. The van der Waals surface area contributed by atoms with Crippen LogP contribution in [-0.4, -0.2) is 35.9 Å². The van der Waals surface area contributed by atoms with E-state index < -0.39 is 12.3 Å². The Hall–Kier alpha value is -2.45. The van der Waals surface area contributed by atoms with Gasteiger partial charge in [-0.3, -0.25) is 4.79 Å². The number of esters is 1. The first-order valence-electron chi connectivity index (χ1n) is 11.8. The molecule has 35 heavy (non-hydrogen) atoms. The number of hydrogen-bond donors (Lipinski definition) is 0. The van der Waals surface area contributed by atoms with Crippen molar-refractivity contribution in [1.82, 2.24) is 4.98 Å². The summed E-state index contributed by atoms with van der Waals surface area (Å²) in [5, 5.41) is 0.